The van der Waals surface area contributed by atoms with Crippen LogP contribution in [0.3, 0.4) is 0 Å². The SMILES string of the molecule is O=C(CSc1nnc(-c2ccccc2)o1)N1CCN(S(=O)(=O)c2ccccc2Cl)CC1. The van der Waals surface area contributed by atoms with E-state index < -0.39 is 10.0 Å². The summed E-state index contributed by atoms with van der Waals surface area (Å²) in [6.07, 6.45) is 0. The lowest BCUT2D eigenvalue weighted by atomic mass is 10.2. The van der Waals surface area contributed by atoms with Gasteiger partial charge in [0.05, 0.1) is 10.8 Å². The van der Waals surface area contributed by atoms with Crippen molar-refractivity contribution in [2.45, 2.75) is 10.1 Å². The number of benzene rings is 2. The van der Waals surface area contributed by atoms with E-state index >= 15 is 0 Å². The van der Waals surface area contributed by atoms with Crippen molar-refractivity contribution in [3.05, 3.63) is 59.6 Å². The predicted molar refractivity (Wildman–Crippen MR) is 117 cm³/mol. The van der Waals surface area contributed by atoms with Crippen LogP contribution in [0, 0.1) is 0 Å². The zero-order valence-corrected chi connectivity index (χ0v) is 18.7. The second-order valence-corrected chi connectivity index (χ2v) is 9.98. The Morgan fingerprint density at radius 1 is 1.00 bits per heavy atom. The summed E-state index contributed by atoms with van der Waals surface area (Å²) in [5, 5.41) is 8.47. The first kappa shape index (κ1) is 21.8. The molecule has 0 saturated carbocycles. The number of carbonyl (C=O) groups is 1. The molecule has 0 unspecified atom stereocenters. The minimum Gasteiger partial charge on any atom is -0.411 e. The minimum absolute atomic E-state index is 0.0811. The second kappa shape index (κ2) is 9.39. The second-order valence-electron chi connectivity index (χ2n) is 6.74. The maximum absolute atomic E-state index is 12.8. The molecule has 11 heteroatoms. The van der Waals surface area contributed by atoms with Crippen LogP contribution >= 0.6 is 23.4 Å². The number of halogens is 1. The molecular weight excluding hydrogens is 460 g/mol. The third kappa shape index (κ3) is 4.93. The molecule has 8 nitrogen and oxygen atoms in total. The van der Waals surface area contributed by atoms with Crippen LogP contribution in [0.15, 0.2) is 69.1 Å². The van der Waals surface area contributed by atoms with Gasteiger partial charge in [0.1, 0.15) is 4.90 Å². The van der Waals surface area contributed by atoms with Gasteiger partial charge in [-0.15, -0.1) is 10.2 Å². The highest BCUT2D eigenvalue weighted by atomic mass is 35.5. The van der Waals surface area contributed by atoms with E-state index in [0.29, 0.717) is 24.2 Å². The van der Waals surface area contributed by atoms with Gasteiger partial charge < -0.3 is 9.32 Å². The Hall–Kier alpha value is -2.40. The zero-order valence-electron chi connectivity index (χ0n) is 16.3. The first-order valence-corrected chi connectivity index (χ1v) is 12.3. The van der Waals surface area contributed by atoms with E-state index in [-0.39, 0.29) is 34.7 Å². The smallest absolute Gasteiger partial charge is 0.277 e. The fraction of sp³-hybridized carbons (Fsp3) is 0.250. The zero-order chi connectivity index (χ0) is 21.8. The quantitative estimate of drug-likeness (QED) is 0.502. The van der Waals surface area contributed by atoms with Crippen molar-refractivity contribution >= 4 is 39.3 Å². The number of hydrogen-bond acceptors (Lipinski definition) is 7. The van der Waals surface area contributed by atoms with Gasteiger partial charge in [0.25, 0.3) is 5.22 Å². The van der Waals surface area contributed by atoms with Crippen LogP contribution in [0.4, 0.5) is 0 Å². The van der Waals surface area contributed by atoms with Gasteiger partial charge in [-0.05, 0) is 24.3 Å². The van der Waals surface area contributed by atoms with Gasteiger partial charge in [-0.2, -0.15) is 4.31 Å². The summed E-state index contributed by atoms with van der Waals surface area (Å²) in [4.78, 5) is 14.3. The van der Waals surface area contributed by atoms with Gasteiger partial charge in [-0.1, -0.05) is 53.7 Å². The van der Waals surface area contributed by atoms with E-state index in [1.807, 2.05) is 30.3 Å². The van der Waals surface area contributed by atoms with Crippen LogP contribution in [-0.4, -0.2) is 65.7 Å². The summed E-state index contributed by atoms with van der Waals surface area (Å²) < 4.78 is 32.6. The van der Waals surface area contributed by atoms with Crippen molar-refractivity contribution in [3.8, 4) is 11.5 Å². The Bertz CT molecular complexity index is 1160. The molecule has 1 aliphatic heterocycles. The first-order valence-electron chi connectivity index (χ1n) is 9.49. The van der Waals surface area contributed by atoms with Crippen LogP contribution in [0.25, 0.3) is 11.5 Å². The standard InChI is InChI=1S/C20H19ClN4O4S2/c21-16-8-4-5-9-17(16)31(27,28)25-12-10-24(11-13-25)18(26)14-30-20-23-22-19(29-20)15-6-2-1-3-7-15/h1-9H,10-14H2. The topological polar surface area (TPSA) is 96.6 Å². The van der Waals surface area contributed by atoms with Gasteiger partial charge >= 0.3 is 0 Å². The van der Waals surface area contributed by atoms with Crippen molar-refractivity contribution in [2.75, 3.05) is 31.9 Å². The highest BCUT2D eigenvalue weighted by Crippen LogP contribution is 2.26. The fourth-order valence-electron chi connectivity index (χ4n) is 3.15. The summed E-state index contributed by atoms with van der Waals surface area (Å²) in [6.45, 7) is 1.04. The number of hydrogen-bond donors (Lipinski definition) is 0. The van der Waals surface area contributed by atoms with E-state index in [1.165, 1.54) is 10.4 Å². The molecule has 0 bridgehead atoms. The molecule has 0 N–H and O–H groups in total. The Balaban J connectivity index is 1.31. The molecule has 0 aliphatic carbocycles. The Labute approximate surface area is 189 Å². The molecule has 2 aromatic carbocycles. The number of nitrogens with zero attached hydrogens (tertiary/aromatic N) is 4. The Kier molecular flexibility index (Phi) is 6.61. The molecule has 3 aromatic rings. The summed E-state index contributed by atoms with van der Waals surface area (Å²) >= 11 is 7.22. The van der Waals surface area contributed by atoms with Crippen LogP contribution in [0.1, 0.15) is 0 Å². The van der Waals surface area contributed by atoms with Gasteiger partial charge in [0.15, 0.2) is 0 Å². The number of rotatable bonds is 6. The third-order valence-corrected chi connectivity index (χ3v) is 7.99. The van der Waals surface area contributed by atoms with Gasteiger partial charge in [-0.25, -0.2) is 8.42 Å². The lowest BCUT2D eigenvalue weighted by Crippen LogP contribution is -2.51. The minimum atomic E-state index is -3.70. The lowest BCUT2D eigenvalue weighted by molar-refractivity contribution is -0.129. The Morgan fingerprint density at radius 2 is 1.68 bits per heavy atom. The van der Waals surface area contributed by atoms with E-state index in [9.17, 15) is 13.2 Å². The van der Waals surface area contributed by atoms with Crippen molar-refractivity contribution in [1.82, 2.24) is 19.4 Å². The summed E-state index contributed by atoms with van der Waals surface area (Å²) in [7, 11) is -3.70. The molecule has 4 rings (SSSR count). The highest BCUT2D eigenvalue weighted by Gasteiger charge is 2.31. The van der Waals surface area contributed by atoms with E-state index in [0.717, 1.165) is 17.3 Å². The monoisotopic (exact) mass is 478 g/mol. The fourth-order valence-corrected chi connectivity index (χ4v) is 5.73. The molecular formula is C20H19ClN4O4S2. The molecule has 1 aromatic heterocycles. The highest BCUT2D eigenvalue weighted by molar-refractivity contribution is 7.99. The number of aromatic nitrogens is 2. The molecule has 2 heterocycles. The molecule has 0 radical (unpaired) electrons. The van der Waals surface area contributed by atoms with E-state index in [2.05, 4.69) is 10.2 Å². The normalized spacial score (nSPS) is 15.2. The summed E-state index contributed by atoms with van der Waals surface area (Å²) in [5.74, 6) is 0.418. The number of amides is 1. The molecule has 1 amide bonds. The number of sulfonamides is 1. The average Bonchev–Trinajstić information content (AvgIpc) is 3.27. The molecule has 1 saturated heterocycles. The van der Waals surface area contributed by atoms with Crippen molar-refractivity contribution in [3.63, 3.8) is 0 Å². The summed E-state index contributed by atoms with van der Waals surface area (Å²) in [5.41, 5.74) is 0.809. The number of carbonyl (C=O) groups excluding carboxylic acids is 1. The van der Waals surface area contributed by atoms with Crippen LogP contribution in [0.2, 0.25) is 5.02 Å². The lowest BCUT2D eigenvalue weighted by Gasteiger charge is -2.34. The van der Waals surface area contributed by atoms with Crippen LogP contribution in [0.5, 0.6) is 0 Å². The molecule has 1 aliphatic rings. The first-order chi connectivity index (χ1) is 14.9. The molecule has 0 atom stereocenters. The van der Waals surface area contributed by atoms with Gasteiger partial charge in [0.2, 0.25) is 21.8 Å². The molecule has 0 spiro atoms. The van der Waals surface area contributed by atoms with Gasteiger partial charge in [0, 0.05) is 31.7 Å². The predicted octanol–water partition coefficient (Wildman–Crippen LogP) is 3.02. The van der Waals surface area contributed by atoms with Crippen LogP contribution in [-0.2, 0) is 14.8 Å². The maximum Gasteiger partial charge on any atom is 0.277 e. The van der Waals surface area contributed by atoms with Crippen molar-refractivity contribution in [2.24, 2.45) is 0 Å². The molecule has 1 fully saturated rings. The van der Waals surface area contributed by atoms with E-state index in [1.54, 1.807) is 23.1 Å². The number of thioether (sulfide) groups is 1. The largest absolute Gasteiger partial charge is 0.411 e. The maximum atomic E-state index is 12.8. The molecule has 31 heavy (non-hydrogen) atoms. The van der Waals surface area contributed by atoms with Gasteiger partial charge in [-0.3, -0.25) is 4.79 Å². The third-order valence-electron chi connectivity index (χ3n) is 4.79. The molecule has 162 valence electrons. The van der Waals surface area contributed by atoms with Crippen molar-refractivity contribution < 1.29 is 17.6 Å². The van der Waals surface area contributed by atoms with E-state index in [4.69, 9.17) is 16.0 Å². The summed E-state index contributed by atoms with van der Waals surface area (Å²) in [6, 6.07) is 15.7. The Morgan fingerprint density at radius 3 is 2.39 bits per heavy atom. The number of piperazine rings is 1. The average molecular weight is 479 g/mol. The van der Waals surface area contributed by atoms with Crippen molar-refractivity contribution in [1.29, 1.82) is 0 Å². The van der Waals surface area contributed by atoms with Crippen LogP contribution < -0.4 is 0 Å².